The van der Waals surface area contributed by atoms with Gasteiger partial charge in [0, 0.05) is 50.6 Å². The summed E-state index contributed by atoms with van der Waals surface area (Å²) in [6, 6.07) is 15.2. The summed E-state index contributed by atoms with van der Waals surface area (Å²) in [6.45, 7) is 10.2. The van der Waals surface area contributed by atoms with Crippen molar-refractivity contribution < 1.29 is 19.1 Å². The molecule has 2 aliphatic heterocycles. The quantitative estimate of drug-likeness (QED) is 0.331. The molecule has 2 amide bonds. The highest BCUT2D eigenvalue weighted by molar-refractivity contribution is 7.09. The molecule has 2 aliphatic rings. The fraction of sp³-hybridized carbons (Fsp3) is 0.452. The molecule has 0 bridgehead atoms. The molecule has 3 heterocycles. The van der Waals surface area contributed by atoms with Crippen LogP contribution >= 0.6 is 22.9 Å². The molecule has 2 aromatic carbocycles. The van der Waals surface area contributed by atoms with Crippen molar-refractivity contribution >= 4 is 40.4 Å². The van der Waals surface area contributed by atoms with Gasteiger partial charge in [0.25, 0.3) is 11.8 Å². The first kappa shape index (κ1) is 29.2. The van der Waals surface area contributed by atoms with Gasteiger partial charge in [-0.05, 0) is 57.9 Å². The smallest absolute Gasteiger partial charge is 0.273 e. The summed E-state index contributed by atoms with van der Waals surface area (Å²) >= 11 is 7.78. The zero-order chi connectivity index (χ0) is 29.0. The molecular weight excluding hydrogens is 560 g/mol. The summed E-state index contributed by atoms with van der Waals surface area (Å²) in [5, 5.41) is 3.33. The van der Waals surface area contributed by atoms with Crippen molar-refractivity contribution in [1.82, 2.24) is 14.8 Å². The van der Waals surface area contributed by atoms with Gasteiger partial charge in [0.05, 0.1) is 22.3 Å². The lowest BCUT2D eigenvalue weighted by molar-refractivity contribution is -0.146. The first-order chi connectivity index (χ1) is 19.8. The number of anilines is 1. The summed E-state index contributed by atoms with van der Waals surface area (Å²) in [7, 11) is 0. The predicted octanol–water partition coefficient (Wildman–Crippen LogP) is 5.72. The van der Waals surface area contributed by atoms with Crippen molar-refractivity contribution in [2.45, 2.75) is 45.1 Å². The number of para-hydroxylation sites is 3. The summed E-state index contributed by atoms with van der Waals surface area (Å²) in [5.74, 6) is 1.53. The van der Waals surface area contributed by atoms with Crippen molar-refractivity contribution in [1.29, 1.82) is 0 Å². The van der Waals surface area contributed by atoms with Crippen LogP contribution in [-0.4, -0.2) is 78.1 Å². The molecule has 5 rings (SSSR count). The molecule has 0 aliphatic carbocycles. The highest BCUT2D eigenvalue weighted by atomic mass is 35.5. The Bertz CT molecular complexity index is 1360. The number of aromatic nitrogens is 1. The van der Waals surface area contributed by atoms with Gasteiger partial charge in [0.2, 0.25) is 0 Å². The van der Waals surface area contributed by atoms with Crippen molar-refractivity contribution in [3.05, 3.63) is 69.6 Å². The number of rotatable bonds is 8. The van der Waals surface area contributed by atoms with Gasteiger partial charge >= 0.3 is 0 Å². The molecule has 1 aromatic heterocycles. The van der Waals surface area contributed by atoms with Crippen molar-refractivity contribution in [3.63, 3.8) is 0 Å². The van der Waals surface area contributed by atoms with Gasteiger partial charge in [-0.25, -0.2) is 4.98 Å². The van der Waals surface area contributed by atoms with Gasteiger partial charge in [0.15, 0.2) is 5.60 Å². The number of carbonyl (C=O) groups excluding carboxylic acids is 2. The monoisotopic (exact) mass is 596 g/mol. The summed E-state index contributed by atoms with van der Waals surface area (Å²) < 4.78 is 11.8. The van der Waals surface area contributed by atoms with Gasteiger partial charge in [-0.1, -0.05) is 35.9 Å². The van der Waals surface area contributed by atoms with Crippen LogP contribution in [0.15, 0.2) is 53.9 Å². The van der Waals surface area contributed by atoms with E-state index in [1.54, 1.807) is 37.3 Å². The van der Waals surface area contributed by atoms with Crippen molar-refractivity contribution in [3.8, 4) is 11.5 Å². The number of piperidine rings is 1. The third-order valence-corrected chi connectivity index (χ3v) is 8.98. The maximum absolute atomic E-state index is 13.3. The highest BCUT2D eigenvalue weighted by Crippen LogP contribution is 2.34. The number of benzene rings is 2. The zero-order valence-corrected chi connectivity index (χ0v) is 25.4. The molecule has 0 spiro atoms. The van der Waals surface area contributed by atoms with Crippen LogP contribution in [0.25, 0.3) is 0 Å². The number of halogens is 1. The van der Waals surface area contributed by atoms with E-state index in [1.165, 1.54) is 0 Å². The number of hydrogen-bond donors (Lipinski definition) is 0. The minimum atomic E-state index is -1.03. The minimum absolute atomic E-state index is 0.0173. The third kappa shape index (κ3) is 6.62. The van der Waals surface area contributed by atoms with E-state index in [9.17, 15) is 9.59 Å². The van der Waals surface area contributed by atoms with Crippen LogP contribution in [-0.2, 0) is 4.79 Å². The predicted molar refractivity (Wildman–Crippen MR) is 163 cm³/mol. The van der Waals surface area contributed by atoms with E-state index in [0.29, 0.717) is 49.3 Å². The lowest BCUT2D eigenvalue weighted by Gasteiger charge is -2.37. The topological polar surface area (TPSA) is 75.2 Å². The van der Waals surface area contributed by atoms with Crippen molar-refractivity contribution in [2.24, 2.45) is 0 Å². The van der Waals surface area contributed by atoms with Crippen LogP contribution in [0.1, 0.15) is 55.0 Å². The summed E-state index contributed by atoms with van der Waals surface area (Å²) in [4.78, 5) is 37.4. The largest absolute Gasteiger partial charge is 0.492 e. The number of nitrogens with zero attached hydrogens (tertiary/aromatic N) is 4. The lowest BCUT2D eigenvalue weighted by Crippen LogP contribution is -2.51. The molecule has 0 unspecified atom stereocenters. The Morgan fingerprint density at radius 1 is 0.951 bits per heavy atom. The molecule has 41 heavy (non-hydrogen) atoms. The Kier molecular flexibility index (Phi) is 9.04. The van der Waals surface area contributed by atoms with Gasteiger partial charge in [-0.2, -0.15) is 0 Å². The first-order valence-electron chi connectivity index (χ1n) is 14.2. The van der Waals surface area contributed by atoms with Crippen LogP contribution in [0.4, 0.5) is 5.69 Å². The molecule has 0 saturated carbocycles. The number of piperazine rings is 1. The second-order valence-corrected chi connectivity index (χ2v) is 12.2. The second-order valence-electron chi connectivity index (χ2n) is 10.9. The Labute approximate surface area is 250 Å². The molecule has 0 radical (unpaired) electrons. The Hall–Kier alpha value is -3.30. The normalized spacial score (nSPS) is 16.5. The average molecular weight is 597 g/mol. The van der Waals surface area contributed by atoms with Crippen LogP contribution in [0, 0.1) is 0 Å². The second kappa shape index (κ2) is 12.7. The van der Waals surface area contributed by atoms with Gasteiger partial charge in [0.1, 0.15) is 17.2 Å². The molecule has 218 valence electrons. The maximum Gasteiger partial charge on any atom is 0.273 e. The number of likely N-dealkylation sites (tertiary alicyclic amines) is 1. The Balaban J connectivity index is 1.13. The number of amides is 2. The molecule has 0 atom stereocenters. The maximum atomic E-state index is 13.3. The minimum Gasteiger partial charge on any atom is -0.492 e. The van der Waals surface area contributed by atoms with E-state index in [2.05, 4.69) is 11.0 Å². The number of thiazole rings is 1. The fourth-order valence-electron chi connectivity index (χ4n) is 5.44. The highest BCUT2D eigenvalue weighted by Gasteiger charge is 2.37. The van der Waals surface area contributed by atoms with E-state index in [4.69, 9.17) is 26.1 Å². The van der Waals surface area contributed by atoms with Crippen LogP contribution in [0.2, 0.25) is 5.02 Å². The molecule has 8 nitrogen and oxygen atoms in total. The fourth-order valence-corrected chi connectivity index (χ4v) is 6.58. The van der Waals surface area contributed by atoms with Crippen LogP contribution in [0.3, 0.4) is 0 Å². The molecule has 2 saturated heterocycles. The SMILES string of the molecule is CCOc1ccccc1N1CCN(C(=O)c2csc(C3CCN(C(=O)C(C)(C)Oc4ccccc4Cl)CC3)n2)CC1. The number of carbonyl (C=O) groups is 2. The van der Waals surface area contributed by atoms with E-state index < -0.39 is 5.60 Å². The van der Waals surface area contributed by atoms with E-state index in [1.807, 2.05) is 52.4 Å². The first-order valence-corrected chi connectivity index (χ1v) is 15.5. The van der Waals surface area contributed by atoms with Crippen molar-refractivity contribution in [2.75, 3.05) is 50.8 Å². The van der Waals surface area contributed by atoms with Gasteiger partial charge in [-0.15, -0.1) is 11.3 Å². The van der Waals surface area contributed by atoms with Gasteiger partial charge in [-0.3, -0.25) is 9.59 Å². The zero-order valence-electron chi connectivity index (χ0n) is 23.8. The Morgan fingerprint density at radius 2 is 1.61 bits per heavy atom. The standard InChI is InChI=1S/C31H37ClN4O4S/c1-4-39-27-12-8-6-10-25(27)34-17-19-35(20-18-34)29(37)24-21-41-28(33-24)22-13-15-36(16-14-22)30(38)31(2,3)40-26-11-7-5-9-23(26)32/h5-12,21-22H,4,13-20H2,1-3H3. The molecule has 2 fully saturated rings. The number of ether oxygens (including phenoxy) is 2. The van der Waals surface area contributed by atoms with E-state index >= 15 is 0 Å². The molecule has 0 N–H and O–H groups in total. The third-order valence-electron chi connectivity index (χ3n) is 7.66. The average Bonchev–Trinajstić information content (AvgIpc) is 3.49. The Morgan fingerprint density at radius 3 is 2.29 bits per heavy atom. The van der Waals surface area contributed by atoms with Gasteiger partial charge < -0.3 is 24.2 Å². The summed E-state index contributed by atoms with van der Waals surface area (Å²) in [5.41, 5.74) is 0.551. The molecule has 10 heteroatoms. The lowest BCUT2D eigenvalue weighted by atomic mass is 9.96. The summed E-state index contributed by atoms with van der Waals surface area (Å²) in [6.07, 6.45) is 1.60. The molecular formula is C31H37ClN4O4S. The van der Waals surface area contributed by atoms with Crippen LogP contribution < -0.4 is 14.4 Å². The van der Waals surface area contributed by atoms with Crippen LogP contribution in [0.5, 0.6) is 11.5 Å². The molecule has 3 aromatic rings. The van der Waals surface area contributed by atoms with E-state index in [0.717, 1.165) is 42.4 Å². The number of hydrogen-bond acceptors (Lipinski definition) is 7. The van der Waals surface area contributed by atoms with E-state index in [-0.39, 0.29) is 17.7 Å².